The van der Waals surface area contributed by atoms with Crippen LogP contribution in [0.4, 0.5) is 11.4 Å². The summed E-state index contributed by atoms with van der Waals surface area (Å²) in [5.74, 6) is 0.478. The van der Waals surface area contributed by atoms with Crippen LogP contribution in [-0.4, -0.2) is 0 Å². The van der Waals surface area contributed by atoms with E-state index in [1.165, 1.54) is 33.4 Å². The maximum absolute atomic E-state index is 6.35. The second-order valence-electron chi connectivity index (χ2n) is 6.23. The van der Waals surface area contributed by atoms with Gasteiger partial charge in [-0.1, -0.05) is 42.5 Å². The Balaban J connectivity index is 1.93. The molecule has 0 heterocycles. The molecule has 106 valence electrons. The number of benzene rings is 3. The van der Waals surface area contributed by atoms with Crippen LogP contribution >= 0.6 is 0 Å². The van der Waals surface area contributed by atoms with Gasteiger partial charge in [0, 0.05) is 23.2 Å². The molecule has 0 saturated carbocycles. The minimum Gasteiger partial charge on any atom is -0.399 e. The Hall–Kier alpha value is -2.74. The number of hydrogen-bond donors (Lipinski definition) is 2. The lowest BCUT2D eigenvalue weighted by molar-refractivity contribution is 0.757. The Morgan fingerprint density at radius 2 is 1.27 bits per heavy atom. The lowest BCUT2D eigenvalue weighted by Gasteiger charge is -2.42. The van der Waals surface area contributed by atoms with E-state index in [4.69, 9.17) is 11.5 Å². The van der Waals surface area contributed by atoms with Crippen molar-refractivity contribution in [2.45, 2.75) is 11.8 Å². The summed E-state index contributed by atoms with van der Waals surface area (Å²) in [5.41, 5.74) is 22.2. The molecule has 2 atom stereocenters. The minimum absolute atomic E-state index is 0.230. The highest BCUT2D eigenvalue weighted by molar-refractivity contribution is 5.74. The molecule has 2 nitrogen and oxygen atoms in total. The van der Waals surface area contributed by atoms with Crippen LogP contribution in [0.3, 0.4) is 0 Å². The van der Waals surface area contributed by atoms with Crippen LogP contribution in [-0.2, 0) is 0 Å². The van der Waals surface area contributed by atoms with Crippen LogP contribution < -0.4 is 11.5 Å². The van der Waals surface area contributed by atoms with Gasteiger partial charge in [0.25, 0.3) is 0 Å². The number of nitrogens with two attached hydrogens (primary N) is 2. The van der Waals surface area contributed by atoms with Gasteiger partial charge in [0.2, 0.25) is 0 Å². The van der Waals surface area contributed by atoms with Crippen LogP contribution in [0.5, 0.6) is 0 Å². The molecule has 0 aliphatic heterocycles. The molecule has 2 bridgehead atoms. The molecule has 6 rings (SSSR count). The summed E-state index contributed by atoms with van der Waals surface area (Å²) in [6.07, 6.45) is 0. The number of nitrogen functional groups attached to an aromatic ring is 2. The van der Waals surface area contributed by atoms with Gasteiger partial charge < -0.3 is 11.5 Å². The maximum Gasteiger partial charge on any atom is 0.0369 e. The molecular weight excluding hydrogens is 268 g/mol. The fraction of sp³-hybridized carbons (Fsp3) is 0.100. The van der Waals surface area contributed by atoms with Crippen molar-refractivity contribution in [3.63, 3.8) is 0 Å². The van der Waals surface area contributed by atoms with Crippen molar-refractivity contribution in [2.24, 2.45) is 0 Å². The molecule has 4 N–H and O–H groups in total. The van der Waals surface area contributed by atoms with Gasteiger partial charge in [-0.15, -0.1) is 0 Å². The summed E-state index contributed by atoms with van der Waals surface area (Å²) in [6, 6.07) is 21.3. The zero-order chi connectivity index (χ0) is 14.8. The lowest BCUT2D eigenvalue weighted by Crippen LogP contribution is -2.28. The van der Waals surface area contributed by atoms with E-state index in [1.54, 1.807) is 0 Å². The number of hydrogen-bond acceptors (Lipinski definition) is 2. The molecule has 3 aromatic rings. The molecule has 3 aromatic carbocycles. The molecule has 2 unspecified atom stereocenters. The highest BCUT2D eigenvalue weighted by Crippen LogP contribution is 2.57. The summed E-state index contributed by atoms with van der Waals surface area (Å²) in [4.78, 5) is 0. The fourth-order valence-corrected chi connectivity index (χ4v) is 4.31. The van der Waals surface area contributed by atoms with Crippen molar-refractivity contribution in [1.29, 1.82) is 0 Å². The van der Waals surface area contributed by atoms with Gasteiger partial charge in [0.05, 0.1) is 0 Å². The van der Waals surface area contributed by atoms with E-state index in [0.717, 1.165) is 11.4 Å². The third-order valence-corrected chi connectivity index (χ3v) is 5.12. The van der Waals surface area contributed by atoms with Crippen molar-refractivity contribution >= 4 is 11.4 Å². The molecule has 0 amide bonds. The summed E-state index contributed by atoms with van der Waals surface area (Å²) < 4.78 is 0. The second kappa shape index (κ2) is 3.92. The largest absolute Gasteiger partial charge is 0.399 e. The predicted molar refractivity (Wildman–Crippen MR) is 90.0 cm³/mol. The first-order valence-electron chi connectivity index (χ1n) is 7.62. The maximum atomic E-state index is 6.35. The van der Waals surface area contributed by atoms with Gasteiger partial charge in [0.15, 0.2) is 0 Å². The Kier molecular flexibility index (Phi) is 2.11. The third-order valence-electron chi connectivity index (χ3n) is 5.12. The number of rotatable bonds is 0. The average Bonchev–Trinajstić information content (AvgIpc) is 2.54. The fourth-order valence-electron chi connectivity index (χ4n) is 4.31. The van der Waals surface area contributed by atoms with E-state index in [9.17, 15) is 0 Å². The van der Waals surface area contributed by atoms with Gasteiger partial charge in [-0.3, -0.25) is 0 Å². The molecule has 0 saturated heterocycles. The predicted octanol–water partition coefficient (Wildman–Crippen LogP) is 3.84. The van der Waals surface area contributed by atoms with E-state index >= 15 is 0 Å². The third kappa shape index (κ3) is 1.30. The smallest absolute Gasteiger partial charge is 0.0369 e. The zero-order valence-electron chi connectivity index (χ0n) is 12.1. The van der Waals surface area contributed by atoms with Crippen LogP contribution in [0, 0.1) is 0 Å². The molecule has 0 radical (unpaired) electrons. The molecule has 3 aliphatic carbocycles. The van der Waals surface area contributed by atoms with Crippen molar-refractivity contribution in [3.05, 3.63) is 94.0 Å². The van der Waals surface area contributed by atoms with E-state index in [-0.39, 0.29) is 11.8 Å². The highest BCUT2D eigenvalue weighted by atomic mass is 14.6. The topological polar surface area (TPSA) is 52.0 Å². The van der Waals surface area contributed by atoms with Crippen LogP contribution in [0.1, 0.15) is 45.2 Å². The average molecular weight is 284 g/mol. The number of anilines is 2. The van der Waals surface area contributed by atoms with Crippen LogP contribution in [0.15, 0.2) is 60.7 Å². The first-order chi connectivity index (χ1) is 10.8. The SMILES string of the molecule is Nc1ccc2c(c1)C1c3ccccc3C2c2c(N)cccc21. The Morgan fingerprint density at radius 3 is 2.09 bits per heavy atom. The minimum atomic E-state index is 0.230. The van der Waals surface area contributed by atoms with Gasteiger partial charge in [-0.05, 0) is 51.6 Å². The van der Waals surface area contributed by atoms with Crippen molar-refractivity contribution < 1.29 is 0 Å². The molecule has 0 aromatic heterocycles. The van der Waals surface area contributed by atoms with E-state index < -0.39 is 0 Å². The Bertz CT molecular complexity index is 925. The van der Waals surface area contributed by atoms with Gasteiger partial charge >= 0.3 is 0 Å². The van der Waals surface area contributed by atoms with Gasteiger partial charge in [0.1, 0.15) is 0 Å². The molecule has 0 fully saturated rings. The van der Waals surface area contributed by atoms with Gasteiger partial charge in [-0.2, -0.15) is 0 Å². The molecule has 0 spiro atoms. The molecular formula is C20H16N2. The van der Waals surface area contributed by atoms with E-state index in [0.29, 0.717) is 0 Å². The zero-order valence-corrected chi connectivity index (χ0v) is 12.1. The molecule has 22 heavy (non-hydrogen) atoms. The monoisotopic (exact) mass is 284 g/mol. The van der Waals surface area contributed by atoms with Gasteiger partial charge in [-0.25, -0.2) is 0 Å². The van der Waals surface area contributed by atoms with Crippen LogP contribution in [0.2, 0.25) is 0 Å². The summed E-state index contributed by atoms with van der Waals surface area (Å²) in [5, 5.41) is 0. The quantitative estimate of drug-likeness (QED) is 0.424. The molecule has 3 aliphatic rings. The van der Waals surface area contributed by atoms with Crippen molar-refractivity contribution in [2.75, 3.05) is 11.5 Å². The summed E-state index contributed by atoms with van der Waals surface area (Å²) in [7, 11) is 0. The first-order valence-corrected chi connectivity index (χ1v) is 7.62. The standard InChI is InChI=1S/C20H16N2/c21-11-8-9-14-16(10-11)18-12-4-1-2-5-13(12)19(14)20-15(18)6-3-7-17(20)22/h1-10,18-19H,21-22H2. The van der Waals surface area contributed by atoms with Crippen LogP contribution in [0.25, 0.3) is 0 Å². The Morgan fingerprint density at radius 1 is 0.591 bits per heavy atom. The lowest BCUT2D eigenvalue weighted by atomic mass is 9.61. The van der Waals surface area contributed by atoms with Crippen molar-refractivity contribution in [1.82, 2.24) is 0 Å². The second-order valence-corrected chi connectivity index (χ2v) is 6.23. The Labute approximate surface area is 129 Å². The van der Waals surface area contributed by atoms with Crippen molar-refractivity contribution in [3.8, 4) is 0 Å². The summed E-state index contributed by atoms with van der Waals surface area (Å²) in [6.45, 7) is 0. The normalized spacial score (nSPS) is 20.2. The highest BCUT2D eigenvalue weighted by Gasteiger charge is 2.41. The first kappa shape index (κ1) is 11.9. The molecule has 2 heteroatoms. The van der Waals surface area contributed by atoms with E-state index in [1.807, 2.05) is 12.1 Å². The summed E-state index contributed by atoms with van der Waals surface area (Å²) >= 11 is 0. The van der Waals surface area contributed by atoms with E-state index in [2.05, 4.69) is 48.5 Å².